The van der Waals surface area contributed by atoms with Crippen molar-refractivity contribution in [2.75, 3.05) is 4.90 Å². The van der Waals surface area contributed by atoms with Gasteiger partial charge in [-0.2, -0.15) is 5.26 Å². The number of rotatable bonds is 1. The fourth-order valence-corrected chi connectivity index (χ4v) is 3.83. The lowest BCUT2D eigenvalue weighted by atomic mass is 9.87. The number of ketones is 1. The van der Waals surface area contributed by atoms with Crippen molar-refractivity contribution in [3.63, 3.8) is 0 Å². The fraction of sp³-hybridized carbons (Fsp3) is 0.250. The zero-order valence-electron chi connectivity index (χ0n) is 14.2. The molecule has 4 rings (SSSR count). The summed E-state index contributed by atoms with van der Waals surface area (Å²) in [4.78, 5) is 26.8. The standard InChI is InChI=1S/C20H15ClN2O3/c1-20(2)9-16(13-7-11(10-22)3-6-17(13)26-20)23-15-5-4-12(21)8-14(15)18(24)19(23)25/h3-8,16H,9H2,1-2H3/t16-/m0/s1. The van der Waals surface area contributed by atoms with Crippen LogP contribution < -0.4 is 9.64 Å². The third-order valence-corrected chi connectivity index (χ3v) is 4.99. The maximum Gasteiger partial charge on any atom is 0.300 e. The van der Waals surface area contributed by atoms with Crippen LogP contribution in [0.4, 0.5) is 5.69 Å². The summed E-state index contributed by atoms with van der Waals surface area (Å²) in [6.45, 7) is 3.87. The van der Waals surface area contributed by atoms with Gasteiger partial charge in [0, 0.05) is 17.0 Å². The Morgan fingerprint density at radius 3 is 2.73 bits per heavy atom. The lowest BCUT2D eigenvalue weighted by molar-refractivity contribution is -0.115. The number of ether oxygens (including phenoxy) is 1. The summed E-state index contributed by atoms with van der Waals surface area (Å²) >= 11 is 6.00. The maximum atomic E-state index is 12.8. The highest BCUT2D eigenvalue weighted by Gasteiger charge is 2.45. The number of hydrogen-bond donors (Lipinski definition) is 0. The smallest absolute Gasteiger partial charge is 0.300 e. The molecule has 2 aliphatic heterocycles. The molecule has 5 nitrogen and oxygen atoms in total. The van der Waals surface area contributed by atoms with Gasteiger partial charge < -0.3 is 4.74 Å². The number of amides is 1. The quantitative estimate of drug-likeness (QED) is 0.714. The normalized spacial score (nSPS) is 20.2. The van der Waals surface area contributed by atoms with Gasteiger partial charge in [0.25, 0.3) is 11.7 Å². The second kappa shape index (κ2) is 5.58. The van der Waals surface area contributed by atoms with Crippen LogP contribution in [0.3, 0.4) is 0 Å². The van der Waals surface area contributed by atoms with Crippen molar-refractivity contribution < 1.29 is 14.3 Å². The fourth-order valence-electron chi connectivity index (χ4n) is 3.66. The van der Waals surface area contributed by atoms with Gasteiger partial charge >= 0.3 is 0 Å². The van der Waals surface area contributed by atoms with E-state index in [0.717, 1.165) is 5.56 Å². The second-order valence-corrected chi connectivity index (χ2v) is 7.55. The number of Topliss-reactive ketones (excluding diaryl/α,β-unsaturated/α-hetero) is 1. The van der Waals surface area contributed by atoms with Crippen molar-refractivity contribution >= 4 is 29.0 Å². The van der Waals surface area contributed by atoms with E-state index in [1.165, 1.54) is 11.0 Å². The first-order valence-corrected chi connectivity index (χ1v) is 8.59. The summed E-state index contributed by atoms with van der Waals surface area (Å²) in [5.74, 6) is -0.532. The Morgan fingerprint density at radius 1 is 1.23 bits per heavy atom. The molecule has 0 saturated carbocycles. The van der Waals surface area contributed by atoms with E-state index in [9.17, 15) is 14.9 Å². The summed E-state index contributed by atoms with van der Waals surface area (Å²) < 4.78 is 6.02. The van der Waals surface area contributed by atoms with Crippen LogP contribution in [0.1, 0.15) is 47.8 Å². The Bertz CT molecular complexity index is 1010. The van der Waals surface area contributed by atoms with Crippen molar-refractivity contribution in [1.29, 1.82) is 5.26 Å². The molecular formula is C20H15ClN2O3. The van der Waals surface area contributed by atoms with E-state index in [1.54, 1.807) is 30.3 Å². The van der Waals surface area contributed by atoms with Crippen molar-refractivity contribution in [3.8, 4) is 11.8 Å². The number of benzene rings is 2. The summed E-state index contributed by atoms with van der Waals surface area (Å²) in [5, 5.41) is 9.64. The average molecular weight is 367 g/mol. The average Bonchev–Trinajstić information content (AvgIpc) is 2.84. The van der Waals surface area contributed by atoms with E-state index in [1.807, 2.05) is 13.8 Å². The van der Waals surface area contributed by atoms with Crippen molar-refractivity contribution in [3.05, 3.63) is 58.1 Å². The first kappa shape index (κ1) is 16.6. The van der Waals surface area contributed by atoms with E-state index in [0.29, 0.717) is 34.0 Å². The third kappa shape index (κ3) is 2.46. The molecule has 26 heavy (non-hydrogen) atoms. The Labute approximate surface area is 155 Å². The molecule has 0 N–H and O–H groups in total. The number of carbonyl (C=O) groups is 2. The van der Waals surface area contributed by atoms with Gasteiger partial charge in [-0.3, -0.25) is 14.5 Å². The van der Waals surface area contributed by atoms with Crippen molar-refractivity contribution in [1.82, 2.24) is 0 Å². The van der Waals surface area contributed by atoms with Crippen LogP contribution in [-0.2, 0) is 4.79 Å². The first-order chi connectivity index (χ1) is 12.3. The molecule has 130 valence electrons. The molecule has 0 fully saturated rings. The Morgan fingerprint density at radius 2 is 2.00 bits per heavy atom. The number of anilines is 1. The van der Waals surface area contributed by atoms with Gasteiger partial charge in [-0.15, -0.1) is 0 Å². The molecular weight excluding hydrogens is 352 g/mol. The minimum absolute atomic E-state index is 0.310. The molecule has 0 unspecified atom stereocenters. The molecule has 0 aromatic heterocycles. The lowest BCUT2D eigenvalue weighted by Crippen LogP contribution is -2.43. The zero-order chi connectivity index (χ0) is 18.6. The maximum absolute atomic E-state index is 12.8. The van der Waals surface area contributed by atoms with Gasteiger partial charge in [0.05, 0.1) is 28.9 Å². The van der Waals surface area contributed by atoms with Gasteiger partial charge in [-0.25, -0.2) is 0 Å². The van der Waals surface area contributed by atoms with Gasteiger partial charge in [-0.1, -0.05) is 11.6 Å². The Balaban J connectivity index is 1.90. The van der Waals surface area contributed by atoms with Crippen LogP contribution in [0.15, 0.2) is 36.4 Å². The van der Waals surface area contributed by atoms with Gasteiger partial charge in [0.1, 0.15) is 11.4 Å². The second-order valence-electron chi connectivity index (χ2n) is 7.11. The molecule has 1 atom stereocenters. The highest BCUT2D eigenvalue weighted by Crippen LogP contribution is 2.47. The number of nitriles is 1. The molecule has 2 heterocycles. The molecule has 2 aromatic carbocycles. The van der Waals surface area contributed by atoms with E-state index in [4.69, 9.17) is 16.3 Å². The summed E-state index contributed by atoms with van der Waals surface area (Å²) in [6.07, 6.45) is 0.496. The molecule has 0 saturated heterocycles. The molecule has 6 heteroatoms. The molecule has 1 amide bonds. The molecule has 0 bridgehead atoms. The number of hydrogen-bond acceptors (Lipinski definition) is 4. The Hall–Kier alpha value is -2.84. The third-order valence-electron chi connectivity index (χ3n) is 4.76. The summed E-state index contributed by atoms with van der Waals surface area (Å²) in [5.41, 5.74) is 1.54. The summed E-state index contributed by atoms with van der Waals surface area (Å²) in [7, 11) is 0. The van der Waals surface area contributed by atoms with Crippen LogP contribution in [-0.4, -0.2) is 17.3 Å². The van der Waals surface area contributed by atoms with Gasteiger partial charge in [0.2, 0.25) is 0 Å². The highest BCUT2D eigenvalue weighted by molar-refractivity contribution is 6.52. The van der Waals surface area contributed by atoms with Gasteiger partial charge in [0.15, 0.2) is 0 Å². The minimum Gasteiger partial charge on any atom is -0.487 e. The van der Waals surface area contributed by atoms with Crippen LogP contribution in [0.5, 0.6) is 5.75 Å². The van der Waals surface area contributed by atoms with Crippen molar-refractivity contribution in [2.24, 2.45) is 0 Å². The van der Waals surface area contributed by atoms with Crippen molar-refractivity contribution in [2.45, 2.75) is 31.9 Å². The van der Waals surface area contributed by atoms with Gasteiger partial charge in [-0.05, 0) is 50.2 Å². The molecule has 2 aromatic rings. The predicted molar refractivity (Wildman–Crippen MR) is 96.5 cm³/mol. The molecule has 0 spiro atoms. The number of fused-ring (bicyclic) bond motifs is 2. The number of carbonyl (C=O) groups excluding carboxylic acids is 2. The predicted octanol–water partition coefficient (Wildman–Crippen LogP) is 4.04. The van der Waals surface area contributed by atoms with E-state index < -0.39 is 23.3 Å². The molecule has 0 aliphatic carbocycles. The first-order valence-electron chi connectivity index (χ1n) is 8.21. The molecule has 2 aliphatic rings. The largest absolute Gasteiger partial charge is 0.487 e. The van der Waals surface area contributed by atoms with Crippen LogP contribution >= 0.6 is 11.6 Å². The van der Waals surface area contributed by atoms with Crippen LogP contribution in [0, 0.1) is 11.3 Å². The Kier molecular flexibility index (Phi) is 3.57. The van der Waals surface area contributed by atoms with E-state index in [-0.39, 0.29) is 0 Å². The number of halogens is 1. The van der Waals surface area contributed by atoms with E-state index in [2.05, 4.69) is 6.07 Å². The van der Waals surface area contributed by atoms with Crippen LogP contribution in [0.2, 0.25) is 5.02 Å². The zero-order valence-corrected chi connectivity index (χ0v) is 15.0. The van der Waals surface area contributed by atoms with E-state index >= 15 is 0 Å². The molecule has 0 radical (unpaired) electrons. The monoisotopic (exact) mass is 366 g/mol. The highest BCUT2D eigenvalue weighted by atomic mass is 35.5. The topological polar surface area (TPSA) is 70.4 Å². The summed E-state index contributed by atoms with van der Waals surface area (Å²) in [6, 6.07) is 11.7. The minimum atomic E-state index is -0.585. The number of nitrogens with zero attached hydrogens (tertiary/aromatic N) is 2. The SMILES string of the molecule is CC1(C)C[C@H](N2C(=O)C(=O)c3cc(Cl)ccc32)c2cc(C#N)ccc2O1. The lowest BCUT2D eigenvalue weighted by Gasteiger charge is -2.41. The van der Waals surface area contributed by atoms with Crippen LogP contribution in [0.25, 0.3) is 0 Å².